The van der Waals surface area contributed by atoms with Crippen LogP contribution in [0.5, 0.6) is 5.75 Å². The highest BCUT2D eigenvalue weighted by atomic mass is 16.5. The van der Waals surface area contributed by atoms with Crippen LogP contribution in [0.15, 0.2) is 36.7 Å². The van der Waals surface area contributed by atoms with Crippen LogP contribution in [0.1, 0.15) is 37.7 Å². The topological polar surface area (TPSA) is 56.1 Å². The Morgan fingerprint density at radius 2 is 2.18 bits per heavy atom. The predicted octanol–water partition coefficient (Wildman–Crippen LogP) is 2.68. The van der Waals surface area contributed by atoms with Crippen LogP contribution in [0, 0.1) is 5.92 Å². The van der Waals surface area contributed by atoms with Gasteiger partial charge in [0.2, 0.25) is 5.91 Å². The van der Waals surface area contributed by atoms with Gasteiger partial charge >= 0.3 is 0 Å². The Hall–Kier alpha value is -2.30. The summed E-state index contributed by atoms with van der Waals surface area (Å²) >= 11 is 0. The highest BCUT2D eigenvalue weighted by Gasteiger charge is 2.21. The molecule has 0 saturated carbocycles. The second kappa shape index (κ2) is 7.11. The zero-order valence-electron chi connectivity index (χ0n) is 13.5. The standard InChI is InChI=1S/C17H23N3O2/c1-12(2)10-15(21)19-16(17-18-8-9-20(17)3)13-6-5-7-14(11-13)22-4/h5-9,11-12,16H,10H2,1-4H3,(H,19,21)/t16-/m1/s1. The summed E-state index contributed by atoms with van der Waals surface area (Å²) in [5.74, 6) is 1.89. The lowest BCUT2D eigenvalue weighted by molar-refractivity contribution is -0.122. The quantitative estimate of drug-likeness (QED) is 0.892. The number of aryl methyl sites for hydroxylation is 1. The summed E-state index contributed by atoms with van der Waals surface area (Å²) in [4.78, 5) is 16.6. The molecule has 5 heteroatoms. The lowest BCUT2D eigenvalue weighted by Gasteiger charge is -2.20. The molecule has 2 aromatic rings. The number of nitrogens with one attached hydrogen (secondary N) is 1. The highest BCUT2D eigenvalue weighted by molar-refractivity contribution is 5.77. The van der Waals surface area contributed by atoms with E-state index in [0.29, 0.717) is 12.3 Å². The molecule has 0 radical (unpaired) electrons. The SMILES string of the molecule is COc1cccc([C@@H](NC(=O)CC(C)C)c2nccn2C)c1. The van der Waals surface area contributed by atoms with Gasteiger partial charge in [-0.2, -0.15) is 0 Å². The molecule has 0 saturated heterocycles. The van der Waals surface area contributed by atoms with Gasteiger partial charge in [0, 0.05) is 25.9 Å². The monoisotopic (exact) mass is 301 g/mol. The molecule has 5 nitrogen and oxygen atoms in total. The predicted molar refractivity (Wildman–Crippen MR) is 85.6 cm³/mol. The van der Waals surface area contributed by atoms with E-state index < -0.39 is 0 Å². The molecule has 2 rings (SSSR count). The average Bonchev–Trinajstić information content (AvgIpc) is 2.90. The van der Waals surface area contributed by atoms with E-state index in [1.54, 1.807) is 13.3 Å². The van der Waals surface area contributed by atoms with Gasteiger partial charge in [0.05, 0.1) is 7.11 Å². The van der Waals surface area contributed by atoms with Crippen molar-refractivity contribution in [2.75, 3.05) is 7.11 Å². The first-order valence-corrected chi connectivity index (χ1v) is 7.41. The molecule has 1 heterocycles. The molecule has 1 N–H and O–H groups in total. The van der Waals surface area contributed by atoms with Gasteiger partial charge < -0.3 is 14.6 Å². The summed E-state index contributed by atoms with van der Waals surface area (Å²) in [6.07, 6.45) is 4.10. The molecule has 0 aliphatic carbocycles. The van der Waals surface area contributed by atoms with E-state index in [1.807, 2.05) is 55.9 Å². The maximum Gasteiger partial charge on any atom is 0.221 e. The number of hydrogen-bond donors (Lipinski definition) is 1. The third kappa shape index (κ3) is 3.87. The van der Waals surface area contributed by atoms with Crippen LogP contribution in [-0.2, 0) is 11.8 Å². The van der Waals surface area contributed by atoms with Gasteiger partial charge in [0.25, 0.3) is 0 Å². The molecule has 0 unspecified atom stereocenters. The fourth-order valence-electron chi connectivity index (χ4n) is 2.36. The molecule has 22 heavy (non-hydrogen) atoms. The minimum atomic E-state index is -0.290. The molecule has 0 aliphatic heterocycles. The number of rotatable bonds is 6. The fraction of sp³-hybridized carbons (Fsp3) is 0.412. The van der Waals surface area contributed by atoms with Gasteiger partial charge in [-0.05, 0) is 23.6 Å². The third-order valence-electron chi connectivity index (χ3n) is 3.44. The van der Waals surface area contributed by atoms with E-state index in [2.05, 4.69) is 10.3 Å². The summed E-state index contributed by atoms with van der Waals surface area (Å²) in [5.41, 5.74) is 0.950. The van der Waals surface area contributed by atoms with Crippen LogP contribution < -0.4 is 10.1 Å². The molecule has 0 aliphatic rings. The fourth-order valence-corrected chi connectivity index (χ4v) is 2.36. The molecule has 1 atom stereocenters. The molecule has 1 aromatic heterocycles. The van der Waals surface area contributed by atoms with E-state index in [0.717, 1.165) is 17.1 Å². The number of ether oxygens (including phenoxy) is 1. The number of carbonyl (C=O) groups excluding carboxylic acids is 1. The van der Waals surface area contributed by atoms with Gasteiger partial charge in [-0.15, -0.1) is 0 Å². The Kier molecular flexibility index (Phi) is 5.20. The van der Waals surface area contributed by atoms with Crippen LogP contribution in [0.3, 0.4) is 0 Å². The summed E-state index contributed by atoms with van der Waals surface area (Å²) in [5, 5.41) is 3.08. The van der Waals surface area contributed by atoms with E-state index in [-0.39, 0.29) is 11.9 Å². The summed E-state index contributed by atoms with van der Waals surface area (Å²) in [7, 11) is 3.55. The number of benzene rings is 1. The van der Waals surface area contributed by atoms with Crippen molar-refractivity contribution >= 4 is 5.91 Å². The highest BCUT2D eigenvalue weighted by Crippen LogP contribution is 2.24. The maximum atomic E-state index is 12.2. The summed E-state index contributed by atoms with van der Waals surface area (Å²) in [6.45, 7) is 4.06. The third-order valence-corrected chi connectivity index (χ3v) is 3.44. The van der Waals surface area contributed by atoms with Crippen LogP contribution in [0.4, 0.5) is 0 Å². The molecular formula is C17H23N3O2. The largest absolute Gasteiger partial charge is 0.497 e. The summed E-state index contributed by atoms with van der Waals surface area (Å²) < 4.78 is 7.20. The first-order chi connectivity index (χ1) is 10.5. The second-order valence-corrected chi connectivity index (χ2v) is 5.77. The van der Waals surface area contributed by atoms with Crippen molar-refractivity contribution in [2.45, 2.75) is 26.3 Å². The number of carbonyl (C=O) groups is 1. The van der Waals surface area contributed by atoms with Gasteiger partial charge in [0.1, 0.15) is 17.6 Å². The van der Waals surface area contributed by atoms with Crippen molar-refractivity contribution in [3.8, 4) is 5.75 Å². The van der Waals surface area contributed by atoms with Crippen molar-refractivity contribution in [3.63, 3.8) is 0 Å². The normalized spacial score (nSPS) is 12.2. The number of imidazole rings is 1. The maximum absolute atomic E-state index is 12.2. The number of aromatic nitrogens is 2. The first-order valence-electron chi connectivity index (χ1n) is 7.41. The minimum absolute atomic E-state index is 0.0193. The van der Waals surface area contributed by atoms with Crippen molar-refractivity contribution in [1.29, 1.82) is 0 Å². The smallest absolute Gasteiger partial charge is 0.221 e. The molecule has 1 aromatic carbocycles. The van der Waals surface area contributed by atoms with E-state index in [9.17, 15) is 4.79 Å². The number of methoxy groups -OCH3 is 1. The van der Waals surface area contributed by atoms with Crippen molar-refractivity contribution in [2.24, 2.45) is 13.0 Å². The molecule has 0 fully saturated rings. The zero-order chi connectivity index (χ0) is 16.1. The van der Waals surface area contributed by atoms with Crippen LogP contribution in [0.2, 0.25) is 0 Å². The van der Waals surface area contributed by atoms with E-state index in [1.165, 1.54) is 0 Å². The molecule has 0 bridgehead atoms. The summed E-state index contributed by atoms with van der Waals surface area (Å²) in [6, 6.07) is 7.40. The Bertz CT molecular complexity index is 634. The van der Waals surface area contributed by atoms with Crippen molar-refractivity contribution < 1.29 is 9.53 Å². The van der Waals surface area contributed by atoms with Gasteiger partial charge in [-0.1, -0.05) is 26.0 Å². The molecule has 0 spiro atoms. The van der Waals surface area contributed by atoms with Crippen LogP contribution in [-0.4, -0.2) is 22.6 Å². The average molecular weight is 301 g/mol. The number of nitrogens with zero attached hydrogens (tertiary/aromatic N) is 2. The van der Waals surface area contributed by atoms with E-state index >= 15 is 0 Å². The Balaban J connectivity index is 2.33. The second-order valence-electron chi connectivity index (χ2n) is 5.77. The molecular weight excluding hydrogens is 278 g/mol. The van der Waals surface area contributed by atoms with Crippen LogP contribution >= 0.6 is 0 Å². The van der Waals surface area contributed by atoms with Crippen molar-refractivity contribution in [3.05, 3.63) is 48.0 Å². The van der Waals surface area contributed by atoms with Gasteiger partial charge in [0.15, 0.2) is 0 Å². The molecule has 118 valence electrons. The Morgan fingerprint density at radius 3 is 2.77 bits per heavy atom. The number of amides is 1. The lowest BCUT2D eigenvalue weighted by Crippen LogP contribution is -2.31. The van der Waals surface area contributed by atoms with E-state index in [4.69, 9.17) is 4.74 Å². The van der Waals surface area contributed by atoms with Crippen LogP contribution in [0.25, 0.3) is 0 Å². The first kappa shape index (κ1) is 16.1. The van der Waals surface area contributed by atoms with Gasteiger partial charge in [-0.25, -0.2) is 4.98 Å². The Morgan fingerprint density at radius 1 is 1.41 bits per heavy atom. The van der Waals surface area contributed by atoms with Crippen molar-refractivity contribution in [1.82, 2.24) is 14.9 Å². The number of hydrogen-bond acceptors (Lipinski definition) is 3. The molecule has 1 amide bonds. The minimum Gasteiger partial charge on any atom is -0.497 e. The Labute approximate surface area is 131 Å². The zero-order valence-corrected chi connectivity index (χ0v) is 13.5. The lowest BCUT2D eigenvalue weighted by atomic mass is 10.0. The van der Waals surface area contributed by atoms with Gasteiger partial charge in [-0.3, -0.25) is 4.79 Å².